The van der Waals surface area contributed by atoms with Crippen molar-refractivity contribution in [1.29, 1.82) is 5.26 Å². The van der Waals surface area contributed by atoms with Crippen LogP contribution in [0.3, 0.4) is 0 Å². The highest BCUT2D eigenvalue weighted by molar-refractivity contribution is 7.11. The maximum Gasteiger partial charge on any atom is 0.175 e. The van der Waals surface area contributed by atoms with Crippen LogP contribution in [0.25, 0.3) is 11.0 Å². The maximum atomic E-state index is 13.5. The molecule has 0 radical (unpaired) electrons. The number of halogens is 2. The molecule has 2 aromatic heterocycles. The molecule has 0 saturated carbocycles. The van der Waals surface area contributed by atoms with Gasteiger partial charge in [-0.1, -0.05) is 0 Å². The predicted molar refractivity (Wildman–Crippen MR) is 74.3 cm³/mol. The lowest BCUT2D eigenvalue weighted by atomic mass is 10.2. The van der Waals surface area contributed by atoms with Crippen molar-refractivity contribution in [2.75, 3.05) is 0 Å². The Balaban J connectivity index is 2.03. The molecule has 3 rings (SSSR count). The van der Waals surface area contributed by atoms with Crippen LogP contribution in [0.1, 0.15) is 5.56 Å². The molecule has 3 aromatic rings. The van der Waals surface area contributed by atoms with E-state index in [1.807, 2.05) is 6.07 Å². The first-order valence-corrected chi connectivity index (χ1v) is 6.61. The lowest BCUT2D eigenvalue weighted by Crippen LogP contribution is -1.81. The van der Waals surface area contributed by atoms with Gasteiger partial charge < -0.3 is 5.11 Å². The largest absolute Gasteiger partial charge is 0.505 e. The molecular formula is C13H5F2N5OS. The minimum atomic E-state index is -1.00. The van der Waals surface area contributed by atoms with Gasteiger partial charge in [0.05, 0.1) is 10.9 Å². The second-order valence-electron chi connectivity index (χ2n) is 4.15. The Hall–Kier alpha value is -2.99. The molecule has 0 aliphatic carbocycles. The van der Waals surface area contributed by atoms with Crippen molar-refractivity contribution in [2.45, 2.75) is 0 Å². The maximum absolute atomic E-state index is 13.5. The summed E-state index contributed by atoms with van der Waals surface area (Å²) in [6.07, 6.45) is 1.37. The fraction of sp³-hybridized carbons (Fsp3) is 0. The number of nitrogens with zero attached hydrogens (tertiary/aromatic N) is 5. The first-order chi connectivity index (χ1) is 10.6. The first-order valence-electron chi connectivity index (χ1n) is 5.84. The van der Waals surface area contributed by atoms with Gasteiger partial charge in [-0.15, -0.1) is 10.2 Å². The fourth-order valence-corrected chi connectivity index (χ4v) is 2.30. The summed E-state index contributed by atoms with van der Waals surface area (Å²) < 4.78 is 30.8. The van der Waals surface area contributed by atoms with Gasteiger partial charge in [0.25, 0.3) is 0 Å². The van der Waals surface area contributed by atoms with E-state index in [1.54, 1.807) is 0 Å². The van der Waals surface area contributed by atoms with Crippen LogP contribution in [0.15, 0.2) is 34.6 Å². The summed E-state index contributed by atoms with van der Waals surface area (Å²) in [6, 6.07) is 4.82. The summed E-state index contributed by atoms with van der Waals surface area (Å²) >= 11 is 0.967. The molecule has 0 fully saturated rings. The molecule has 0 unspecified atom stereocenters. The number of aromatic hydroxyl groups is 1. The number of fused-ring (bicyclic) bond motifs is 1. The van der Waals surface area contributed by atoms with E-state index >= 15 is 0 Å². The highest BCUT2D eigenvalue weighted by Gasteiger charge is 2.11. The van der Waals surface area contributed by atoms with Crippen LogP contribution in [-0.4, -0.2) is 14.5 Å². The zero-order valence-electron chi connectivity index (χ0n) is 10.7. The lowest BCUT2D eigenvalue weighted by molar-refractivity contribution is 0.427. The molecule has 0 bridgehead atoms. The third-order valence-electron chi connectivity index (χ3n) is 2.71. The summed E-state index contributed by atoms with van der Waals surface area (Å²) in [4.78, 5) is 3.98. The average molecular weight is 317 g/mol. The van der Waals surface area contributed by atoms with E-state index in [9.17, 15) is 8.78 Å². The molecule has 0 aliphatic rings. The number of phenolic OH excluding ortho intramolecular Hbond substituents is 1. The third-order valence-corrected chi connectivity index (χ3v) is 3.45. The van der Waals surface area contributed by atoms with Gasteiger partial charge in [0.15, 0.2) is 28.0 Å². The number of azo groups is 1. The number of hydrogen-bond acceptors (Lipinski definition) is 7. The summed E-state index contributed by atoms with van der Waals surface area (Å²) in [5.74, 6) is -2.71. The number of aromatic nitrogens is 2. The second kappa shape index (κ2) is 5.42. The normalized spacial score (nSPS) is 11.1. The number of rotatable bonds is 2. The minimum absolute atomic E-state index is 0.312. The van der Waals surface area contributed by atoms with E-state index in [4.69, 9.17) is 10.4 Å². The molecule has 0 amide bonds. The molecule has 1 aromatic carbocycles. The highest BCUT2D eigenvalue weighted by atomic mass is 32.1. The molecule has 6 nitrogen and oxygen atoms in total. The Morgan fingerprint density at radius 3 is 2.77 bits per heavy atom. The Morgan fingerprint density at radius 2 is 2.00 bits per heavy atom. The monoisotopic (exact) mass is 317 g/mol. The van der Waals surface area contributed by atoms with Crippen LogP contribution in [0, 0.1) is 23.0 Å². The predicted octanol–water partition coefficient (Wildman–Crippen LogP) is 3.96. The van der Waals surface area contributed by atoms with Gasteiger partial charge in [0.2, 0.25) is 0 Å². The zero-order chi connectivity index (χ0) is 15.7. The average Bonchev–Trinajstić information content (AvgIpc) is 2.91. The summed E-state index contributed by atoms with van der Waals surface area (Å²) in [7, 11) is 0. The molecule has 0 atom stereocenters. The molecule has 9 heteroatoms. The van der Waals surface area contributed by atoms with Gasteiger partial charge >= 0.3 is 0 Å². The fourth-order valence-electron chi connectivity index (χ4n) is 1.66. The summed E-state index contributed by atoms with van der Waals surface area (Å²) in [5.41, 5.74) is 0.350. The molecule has 0 saturated heterocycles. The van der Waals surface area contributed by atoms with E-state index in [0.29, 0.717) is 27.7 Å². The van der Waals surface area contributed by atoms with Gasteiger partial charge in [-0.25, -0.2) is 13.8 Å². The molecule has 0 spiro atoms. The van der Waals surface area contributed by atoms with Crippen LogP contribution in [0.5, 0.6) is 5.75 Å². The lowest BCUT2D eigenvalue weighted by Gasteiger charge is -1.98. The molecule has 0 aliphatic heterocycles. The Bertz CT molecular complexity index is 947. The second-order valence-corrected chi connectivity index (χ2v) is 4.90. The van der Waals surface area contributed by atoms with E-state index < -0.39 is 17.4 Å². The molecule has 2 heterocycles. The van der Waals surface area contributed by atoms with Gasteiger partial charge in [-0.05, 0) is 17.6 Å². The number of benzene rings is 1. The van der Waals surface area contributed by atoms with Crippen molar-refractivity contribution in [3.05, 3.63) is 41.6 Å². The van der Waals surface area contributed by atoms with Crippen molar-refractivity contribution in [2.24, 2.45) is 10.2 Å². The van der Waals surface area contributed by atoms with Crippen LogP contribution in [-0.2, 0) is 0 Å². The third kappa shape index (κ3) is 2.47. The molecule has 22 heavy (non-hydrogen) atoms. The first kappa shape index (κ1) is 14.0. The van der Waals surface area contributed by atoms with Crippen molar-refractivity contribution in [3.63, 3.8) is 0 Å². The summed E-state index contributed by atoms with van der Waals surface area (Å²) in [5, 5.41) is 26.1. The van der Waals surface area contributed by atoms with Gasteiger partial charge in [0.1, 0.15) is 11.8 Å². The number of nitriles is 1. The van der Waals surface area contributed by atoms with Crippen molar-refractivity contribution in [1.82, 2.24) is 9.36 Å². The Morgan fingerprint density at radius 1 is 1.18 bits per heavy atom. The molecule has 1 N–H and O–H groups in total. The SMILES string of the molecule is N#Cc1cnc2nsc(N=Nc3cc(F)c(O)cc3F)c2c1. The number of phenols is 1. The minimum Gasteiger partial charge on any atom is -0.505 e. The smallest absolute Gasteiger partial charge is 0.175 e. The standard InChI is InChI=1S/C13H5F2N5OS/c14-8-3-11(21)9(15)2-10(8)18-19-13-7-1-6(4-16)5-17-12(7)20-22-13/h1-3,5,21H. The van der Waals surface area contributed by atoms with Crippen LogP contribution in [0.4, 0.5) is 19.5 Å². The van der Waals surface area contributed by atoms with Gasteiger partial charge in [-0.3, -0.25) is 0 Å². The Kier molecular flexibility index (Phi) is 3.44. The number of pyridine rings is 1. The summed E-state index contributed by atoms with van der Waals surface area (Å²) in [6.45, 7) is 0. The topological polar surface area (TPSA) is 94.5 Å². The van der Waals surface area contributed by atoms with Crippen LogP contribution >= 0.6 is 11.5 Å². The van der Waals surface area contributed by atoms with Crippen LogP contribution < -0.4 is 0 Å². The van der Waals surface area contributed by atoms with Gasteiger partial charge in [-0.2, -0.15) is 9.64 Å². The molecular weight excluding hydrogens is 312 g/mol. The van der Waals surface area contributed by atoms with E-state index in [0.717, 1.165) is 17.6 Å². The van der Waals surface area contributed by atoms with Crippen molar-refractivity contribution >= 4 is 33.3 Å². The van der Waals surface area contributed by atoms with E-state index in [1.165, 1.54) is 12.3 Å². The van der Waals surface area contributed by atoms with Crippen molar-refractivity contribution in [3.8, 4) is 11.8 Å². The Labute approximate surface area is 126 Å². The quantitative estimate of drug-likeness (QED) is 0.724. The molecule has 108 valence electrons. The van der Waals surface area contributed by atoms with E-state index in [-0.39, 0.29) is 5.69 Å². The number of hydrogen-bond donors (Lipinski definition) is 1. The van der Waals surface area contributed by atoms with Crippen molar-refractivity contribution < 1.29 is 13.9 Å². The zero-order valence-corrected chi connectivity index (χ0v) is 11.5. The van der Waals surface area contributed by atoms with Crippen LogP contribution in [0.2, 0.25) is 0 Å². The van der Waals surface area contributed by atoms with Gasteiger partial charge in [0, 0.05) is 18.3 Å². The van der Waals surface area contributed by atoms with E-state index in [2.05, 4.69) is 19.6 Å². The highest BCUT2D eigenvalue weighted by Crippen LogP contribution is 2.33.